The zero-order valence-electron chi connectivity index (χ0n) is 14.6. The van der Waals surface area contributed by atoms with Crippen LogP contribution in [0.25, 0.3) is 0 Å². The van der Waals surface area contributed by atoms with Crippen molar-refractivity contribution in [2.75, 3.05) is 44.7 Å². The number of morpholine rings is 1. The molecule has 2 heterocycles. The fraction of sp³-hybridized carbons (Fsp3) is 0.368. The van der Waals surface area contributed by atoms with Crippen LogP contribution in [0.4, 0.5) is 5.69 Å². The van der Waals surface area contributed by atoms with Crippen LogP contribution in [0.15, 0.2) is 42.6 Å². The largest absolute Gasteiger partial charge is 0.384 e. The van der Waals surface area contributed by atoms with Crippen molar-refractivity contribution in [3.8, 4) is 0 Å². The highest BCUT2D eigenvalue weighted by Crippen LogP contribution is 2.11. The van der Waals surface area contributed by atoms with Crippen LogP contribution in [0, 0.1) is 0 Å². The number of aromatic nitrogens is 1. The Morgan fingerprint density at radius 1 is 1.19 bits per heavy atom. The van der Waals surface area contributed by atoms with Gasteiger partial charge < -0.3 is 15.4 Å². The van der Waals surface area contributed by atoms with E-state index in [2.05, 4.69) is 20.5 Å². The van der Waals surface area contributed by atoms with E-state index in [-0.39, 0.29) is 5.91 Å². The first-order valence-electron chi connectivity index (χ1n) is 8.73. The average molecular weight is 375 g/mol. The fourth-order valence-corrected chi connectivity index (χ4v) is 2.85. The van der Waals surface area contributed by atoms with Crippen molar-refractivity contribution < 1.29 is 9.53 Å². The van der Waals surface area contributed by atoms with Gasteiger partial charge in [0.25, 0.3) is 5.91 Å². The minimum atomic E-state index is -0.197. The monoisotopic (exact) mass is 374 g/mol. The van der Waals surface area contributed by atoms with Gasteiger partial charge in [0, 0.05) is 49.6 Å². The number of carbonyl (C=O) groups is 1. The number of carbonyl (C=O) groups excluding carboxylic acids is 1. The topological polar surface area (TPSA) is 66.5 Å². The zero-order chi connectivity index (χ0) is 18.2. The van der Waals surface area contributed by atoms with Crippen LogP contribution in [0.5, 0.6) is 0 Å². The number of anilines is 1. The molecule has 0 bridgehead atoms. The van der Waals surface area contributed by atoms with Gasteiger partial charge in [-0.25, -0.2) is 0 Å². The van der Waals surface area contributed by atoms with Crippen molar-refractivity contribution in [1.82, 2.24) is 15.2 Å². The maximum atomic E-state index is 12.3. The van der Waals surface area contributed by atoms with Crippen molar-refractivity contribution >= 4 is 23.2 Å². The molecular formula is C19H23ClN4O2. The van der Waals surface area contributed by atoms with Crippen LogP contribution in [0.1, 0.15) is 16.1 Å². The smallest absolute Gasteiger partial charge is 0.270 e. The highest BCUT2D eigenvalue weighted by molar-refractivity contribution is 6.30. The first-order valence-corrected chi connectivity index (χ1v) is 9.11. The second-order valence-electron chi connectivity index (χ2n) is 6.12. The Bertz CT molecular complexity index is 718. The standard InChI is InChI=1S/C19H23ClN4O2/c20-16-3-1-15(2-4-16)14-23-19(25)18-13-17(5-6-22-18)21-7-8-24-9-11-26-12-10-24/h1-6,13H,7-12,14H2,(H,21,22)(H,23,25). The number of benzene rings is 1. The number of nitrogens with zero attached hydrogens (tertiary/aromatic N) is 2. The number of hydrogen-bond acceptors (Lipinski definition) is 5. The second-order valence-corrected chi connectivity index (χ2v) is 6.56. The number of halogens is 1. The summed E-state index contributed by atoms with van der Waals surface area (Å²) in [5, 5.41) is 6.90. The third kappa shape index (κ3) is 5.69. The van der Waals surface area contributed by atoms with Crippen molar-refractivity contribution in [2.45, 2.75) is 6.54 Å². The predicted octanol–water partition coefficient (Wildman–Crippen LogP) is 2.41. The Balaban J connectivity index is 1.47. The first-order chi connectivity index (χ1) is 12.7. The summed E-state index contributed by atoms with van der Waals surface area (Å²) in [7, 11) is 0. The molecule has 3 rings (SSSR count). The number of hydrogen-bond donors (Lipinski definition) is 2. The molecule has 138 valence electrons. The maximum Gasteiger partial charge on any atom is 0.270 e. The van der Waals surface area contributed by atoms with E-state index >= 15 is 0 Å². The van der Waals surface area contributed by atoms with Gasteiger partial charge in [0.2, 0.25) is 0 Å². The minimum Gasteiger partial charge on any atom is -0.384 e. The van der Waals surface area contributed by atoms with Crippen molar-refractivity contribution in [3.05, 3.63) is 58.9 Å². The Kier molecular flexibility index (Phi) is 6.82. The SMILES string of the molecule is O=C(NCc1ccc(Cl)cc1)c1cc(NCCN2CCOCC2)ccn1. The molecule has 0 aliphatic carbocycles. The second kappa shape index (κ2) is 9.52. The predicted molar refractivity (Wildman–Crippen MR) is 103 cm³/mol. The molecule has 2 N–H and O–H groups in total. The average Bonchev–Trinajstić information content (AvgIpc) is 2.68. The van der Waals surface area contributed by atoms with Gasteiger partial charge in [-0.15, -0.1) is 0 Å². The van der Waals surface area contributed by atoms with E-state index in [1.165, 1.54) is 0 Å². The molecule has 6 nitrogen and oxygen atoms in total. The normalized spacial score (nSPS) is 14.8. The molecule has 1 aliphatic rings. The summed E-state index contributed by atoms with van der Waals surface area (Å²) in [4.78, 5) is 18.8. The number of nitrogens with one attached hydrogen (secondary N) is 2. The van der Waals surface area contributed by atoms with Gasteiger partial charge in [-0.3, -0.25) is 14.7 Å². The number of amides is 1. The van der Waals surface area contributed by atoms with Gasteiger partial charge in [-0.05, 0) is 29.8 Å². The van der Waals surface area contributed by atoms with Crippen molar-refractivity contribution in [1.29, 1.82) is 0 Å². The van der Waals surface area contributed by atoms with Crippen LogP contribution >= 0.6 is 11.6 Å². The third-order valence-electron chi connectivity index (χ3n) is 4.22. The van der Waals surface area contributed by atoms with Gasteiger partial charge in [0.05, 0.1) is 13.2 Å². The first kappa shape index (κ1) is 18.6. The van der Waals surface area contributed by atoms with E-state index < -0.39 is 0 Å². The molecule has 0 spiro atoms. The van der Waals surface area contributed by atoms with Crippen molar-refractivity contribution in [2.24, 2.45) is 0 Å². The lowest BCUT2D eigenvalue weighted by Gasteiger charge is -2.26. The lowest BCUT2D eigenvalue weighted by molar-refractivity contribution is 0.0398. The molecule has 2 aromatic rings. The van der Waals surface area contributed by atoms with Crippen LogP contribution in [-0.4, -0.2) is 55.2 Å². The summed E-state index contributed by atoms with van der Waals surface area (Å²) in [6.45, 7) is 5.74. The van der Waals surface area contributed by atoms with E-state index in [4.69, 9.17) is 16.3 Å². The molecule has 1 fully saturated rings. The lowest BCUT2D eigenvalue weighted by Crippen LogP contribution is -2.39. The molecule has 1 aromatic heterocycles. The van der Waals surface area contributed by atoms with E-state index in [0.29, 0.717) is 17.3 Å². The lowest BCUT2D eigenvalue weighted by atomic mass is 10.2. The third-order valence-corrected chi connectivity index (χ3v) is 4.47. The molecule has 0 radical (unpaired) electrons. The molecule has 0 saturated carbocycles. The number of ether oxygens (including phenoxy) is 1. The van der Waals surface area contributed by atoms with Gasteiger partial charge in [0.1, 0.15) is 5.69 Å². The molecule has 1 aromatic carbocycles. The maximum absolute atomic E-state index is 12.3. The van der Waals surface area contributed by atoms with Gasteiger partial charge in [0.15, 0.2) is 0 Å². The molecule has 1 aliphatic heterocycles. The van der Waals surface area contributed by atoms with Crippen LogP contribution in [-0.2, 0) is 11.3 Å². The Morgan fingerprint density at radius 2 is 1.96 bits per heavy atom. The molecule has 1 amide bonds. The Labute approximate surface area is 158 Å². The van der Waals surface area contributed by atoms with Crippen LogP contribution in [0.2, 0.25) is 5.02 Å². The Morgan fingerprint density at radius 3 is 2.73 bits per heavy atom. The van der Waals surface area contributed by atoms with Gasteiger partial charge in [-0.1, -0.05) is 23.7 Å². The fourth-order valence-electron chi connectivity index (χ4n) is 2.72. The summed E-state index contributed by atoms with van der Waals surface area (Å²) in [5.41, 5.74) is 2.28. The molecule has 26 heavy (non-hydrogen) atoms. The van der Waals surface area contributed by atoms with E-state index in [0.717, 1.165) is 50.6 Å². The highest BCUT2D eigenvalue weighted by atomic mass is 35.5. The van der Waals surface area contributed by atoms with Crippen LogP contribution < -0.4 is 10.6 Å². The van der Waals surface area contributed by atoms with E-state index in [1.54, 1.807) is 24.4 Å². The minimum absolute atomic E-state index is 0.197. The van der Waals surface area contributed by atoms with Crippen molar-refractivity contribution in [3.63, 3.8) is 0 Å². The molecule has 1 saturated heterocycles. The summed E-state index contributed by atoms with van der Waals surface area (Å²) in [6, 6.07) is 11.0. The quantitative estimate of drug-likeness (QED) is 0.779. The molecule has 7 heteroatoms. The van der Waals surface area contributed by atoms with E-state index in [1.807, 2.05) is 18.2 Å². The summed E-state index contributed by atoms with van der Waals surface area (Å²) in [5.74, 6) is -0.197. The molecule has 0 unspecified atom stereocenters. The summed E-state index contributed by atoms with van der Waals surface area (Å²) in [6.07, 6.45) is 1.65. The molecule has 0 atom stereocenters. The summed E-state index contributed by atoms with van der Waals surface area (Å²) < 4.78 is 5.35. The summed E-state index contributed by atoms with van der Waals surface area (Å²) >= 11 is 5.87. The molecular weight excluding hydrogens is 352 g/mol. The van der Waals surface area contributed by atoms with Gasteiger partial charge in [-0.2, -0.15) is 0 Å². The number of pyridine rings is 1. The zero-order valence-corrected chi connectivity index (χ0v) is 15.3. The van der Waals surface area contributed by atoms with Gasteiger partial charge >= 0.3 is 0 Å². The number of rotatable bonds is 7. The highest BCUT2D eigenvalue weighted by Gasteiger charge is 2.10. The van der Waals surface area contributed by atoms with Crippen LogP contribution in [0.3, 0.4) is 0 Å². The Hall–Kier alpha value is -2.15. The van der Waals surface area contributed by atoms with E-state index in [9.17, 15) is 4.79 Å².